The summed E-state index contributed by atoms with van der Waals surface area (Å²) < 4.78 is 19.1. The van der Waals surface area contributed by atoms with E-state index in [4.69, 9.17) is 14.2 Å². The Bertz CT molecular complexity index is 785. The van der Waals surface area contributed by atoms with Crippen molar-refractivity contribution in [2.75, 3.05) is 40.0 Å². The number of nitrogens with zero attached hydrogens (tertiary/aromatic N) is 2. The van der Waals surface area contributed by atoms with Gasteiger partial charge in [0.15, 0.2) is 5.79 Å². The number of aliphatic hydroxyl groups excluding tert-OH is 1. The number of ether oxygens (including phenoxy) is 3. The zero-order chi connectivity index (χ0) is 18.3. The van der Waals surface area contributed by atoms with Crippen LogP contribution < -0.4 is 4.74 Å². The first-order valence-corrected chi connectivity index (χ1v) is 9.34. The highest BCUT2D eigenvalue weighted by atomic mass is 16.7. The molecule has 0 amide bonds. The Morgan fingerprint density at radius 2 is 1.92 bits per heavy atom. The normalized spacial score (nSPS) is 21.5. The molecule has 2 aliphatic rings. The molecule has 0 radical (unpaired) electrons. The monoisotopic (exact) mass is 360 g/mol. The molecule has 1 spiro atoms. The molecule has 2 aliphatic heterocycles. The van der Waals surface area contributed by atoms with Crippen molar-refractivity contribution in [3.8, 4) is 5.75 Å². The number of likely N-dealkylation sites (tertiary alicyclic amines) is 1. The van der Waals surface area contributed by atoms with Gasteiger partial charge in [-0.15, -0.1) is 0 Å². The van der Waals surface area contributed by atoms with E-state index in [0.29, 0.717) is 19.8 Å². The summed E-state index contributed by atoms with van der Waals surface area (Å²) in [5, 5.41) is 12.1. The molecule has 6 heteroatoms. The second-order valence-electron chi connectivity index (χ2n) is 7.37. The molecule has 26 heavy (non-hydrogen) atoms. The van der Waals surface area contributed by atoms with Crippen LogP contribution in [-0.4, -0.2) is 60.3 Å². The number of piperidine rings is 1. The van der Waals surface area contributed by atoms with Crippen molar-refractivity contribution in [2.24, 2.45) is 7.05 Å². The van der Waals surface area contributed by atoms with Crippen molar-refractivity contribution in [3.63, 3.8) is 0 Å². The summed E-state index contributed by atoms with van der Waals surface area (Å²) in [5.74, 6) is 0.441. The lowest BCUT2D eigenvalue weighted by Gasteiger charge is -2.38. The zero-order valence-electron chi connectivity index (χ0n) is 15.8. The van der Waals surface area contributed by atoms with Crippen molar-refractivity contribution in [1.82, 2.24) is 9.47 Å². The number of hydrogen-bond donors (Lipinski definition) is 1. The Labute approximate surface area is 154 Å². The molecule has 1 atom stereocenters. The van der Waals surface area contributed by atoms with Crippen LogP contribution in [0.15, 0.2) is 18.2 Å². The summed E-state index contributed by atoms with van der Waals surface area (Å²) in [6.45, 7) is 5.83. The van der Waals surface area contributed by atoms with Crippen LogP contribution in [0.4, 0.5) is 0 Å². The van der Waals surface area contributed by atoms with Gasteiger partial charge in [0, 0.05) is 61.7 Å². The third-order valence-corrected chi connectivity index (χ3v) is 5.94. The van der Waals surface area contributed by atoms with E-state index in [1.807, 2.05) is 19.2 Å². The van der Waals surface area contributed by atoms with Crippen molar-refractivity contribution in [1.29, 1.82) is 0 Å². The minimum atomic E-state index is -0.537. The maximum atomic E-state index is 11.0. The van der Waals surface area contributed by atoms with Crippen LogP contribution in [0.3, 0.4) is 0 Å². The lowest BCUT2D eigenvalue weighted by Crippen LogP contribution is -2.46. The quantitative estimate of drug-likeness (QED) is 0.907. The molecule has 0 bridgehead atoms. The fourth-order valence-electron chi connectivity index (χ4n) is 4.33. The van der Waals surface area contributed by atoms with Gasteiger partial charge in [0.1, 0.15) is 5.75 Å². The summed E-state index contributed by atoms with van der Waals surface area (Å²) in [7, 11) is 3.71. The first kappa shape index (κ1) is 17.8. The first-order valence-electron chi connectivity index (χ1n) is 9.34. The Hall–Kier alpha value is -1.60. The molecule has 2 aromatic rings. The Balaban J connectivity index is 1.53. The van der Waals surface area contributed by atoms with E-state index in [0.717, 1.165) is 53.8 Å². The zero-order valence-corrected chi connectivity index (χ0v) is 15.8. The Morgan fingerprint density at radius 3 is 2.58 bits per heavy atom. The molecule has 142 valence electrons. The van der Waals surface area contributed by atoms with Gasteiger partial charge in [-0.05, 0) is 25.1 Å². The Kier molecular flexibility index (Phi) is 4.69. The van der Waals surface area contributed by atoms with E-state index in [9.17, 15) is 5.11 Å². The molecule has 0 saturated carbocycles. The average Bonchev–Trinajstić information content (AvgIpc) is 3.20. The van der Waals surface area contributed by atoms with Crippen LogP contribution in [0, 0.1) is 6.92 Å². The summed E-state index contributed by atoms with van der Waals surface area (Å²) >= 11 is 0. The van der Waals surface area contributed by atoms with Crippen LogP contribution in [0.5, 0.6) is 5.75 Å². The molecule has 1 N–H and O–H groups in total. The van der Waals surface area contributed by atoms with Gasteiger partial charge in [0.05, 0.1) is 26.4 Å². The third kappa shape index (κ3) is 3.01. The van der Waals surface area contributed by atoms with Gasteiger partial charge in [0.25, 0.3) is 0 Å². The number of benzene rings is 1. The van der Waals surface area contributed by atoms with Gasteiger partial charge < -0.3 is 28.8 Å². The maximum Gasteiger partial charge on any atom is 0.170 e. The average molecular weight is 360 g/mol. The number of aryl methyl sites for hydroxylation is 1. The lowest BCUT2D eigenvalue weighted by molar-refractivity contribution is -0.186. The van der Waals surface area contributed by atoms with Crippen LogP contribution in [0.1, 0.15) is 30.2 Å². The van der Waals surface area contributed by atoms with Gasteiger partial charge in [-0.2, -0.15) is 0 Å². The van der Waals surface area contributed by atoms with Crippen molar-refractivity contribution < 1.29 is 19.3 Å². The number of hydrogen-bond acceptors (Lipinski definition) is 5. The van der Waals surface area contributed by atoms with Crippen LogP contribution in [0.2, 0.25) is 0 Å². The molecule has 6 nitrogen and oxygen atoms in total. The highest BCUT2D eigenvalue weighted by Gasteiger charge is 2.40. The summed E-state index contributed by atoms with van der Waals surface area (Å²) in [4.78, 5) is 2.30. The molecule has 2 fully saturated rings. The minimum Gasteiger partial charge on any atom is -0.497 e. The van der Waals surface area contributed by atoms with Crippen molar-refractivity contribution in [3.05, 3.63) is 29.5 Å². The fraction of sp³-hybridized carbons (Fsp3) is 0.600. The van der Waals surface area contributed by atoms with Gasteiger partial charge in [-0.1, -0.05) is 0 Å². The van der Waals surface area contributed by atoms with Gasteiger partial charge >= 0.3 is 0 Å². The molecule has 2 saturated heterocycles. The highest BCUT2D eigenvalue weighted by molar-refractivity contribution is 5.87. The standard InChI is InChI=1S/C20H28N2O4/c1-14-19(16-12-15(24-3)4-5-17(16)21(14)2)18(23)13-22-8-6-20(7-9-22)25-10-11-26-20/h4-5,12,18,23H,6-11,13H2,1-3H3/t18-/m1/s1. The molecular weight excluding hydrogens is 332 g/mol. The summed E-state index contributed by atoms with van der Waals surface area (Å²) in [6, 6.07) is 6.03. The van der Waals surface area contributed by atoms with E-state index >= 15 is 0 Å². The molecule has 1 aromatic carbocycles. The lowest BCUT2D eigenvalue weighted by atomic mass is 10.0. The molecular formula is C20H28N2O4. The molecule has 3 heterocycles. The largest absolute Gasteiger partial charge is 0.497 e. The van der Waals surface area contributed by atoms with Gasteiger partial charge in [-0.3, -0.25) is 0 Å². The number of fused-ring (bicyclic) bond motifs is 1. The highest BCUT2D eigenvalue weighted by Crippen LogP contribution is 2.35. The smallest absolute Gasteiger partial charge is 0.170 e. The Morgan fingerprint density at radius 1 is 1.23 bits per heavy atom. The molecule has 0 aliphatic carbocycles. The molecule has 0 unspecified atom stereocenters. The predicted octanol–water partition coefficient (Wildman–Crippen LogP) is 2.37. The number of aromatic nitrogens is 1. The van der Waals surface area contributed by atoms with Gasteiger partial charge in [-0.25, -0.2) is 0 Å². The van der Waals surface area contributed by atoms with Crippen molar-refractivity contribution in [2.45, 2.75) is 31.7 Å². The second-order valence-corrected chi connectivity index (χ2v) is 7.37. The topological polar surface area (TPSA) is 56.1 Å². The number of methoxy groups -OCH3 is 1. The van der Waals surface area contributed by atoms with Crippen molar-refractivity contribution >= 4 is 10.9 Å². The van der Waals surface area contributed by atoms with Crippen LogP contribution in [-0.2, 0) is 16.5 Å². The van der Waals surface area contributed by atoms with E-state index < -0.39 is 6.10 Å². The van der Waals surface area contributed by atoms with Crippen LogP contribution in [0.25, 0.3) is 10.9 Å². The predicted molar refractivity (Wildman–Crippen MR) is 99.5 cm³/mol. The van der Waals surface area contributed by atoms with Gasteiger partial charge in [0.2, 0.25) is 0 Å². The number of aliphatic hydroxyl groups is 1. The SMILES string of the molecule is COc1ccc2c(c1)c([C@H](O)CN1CCC3(CC1)OCCO3)c(C)n2C. The van der Waals surface area contributed by atoms with E-state index in [-0.39, 0.29) is 5.79 Å². The number of rotatable bonds is 4. The van der Waals surface area contributed by atoms with E-state index in [1.54, 1.807) is 7.11 Å². The second kappa shape index (κ2) is 6.85. The first-order chi connectivity index (χ1) is 12.5. The number of β-amino-alcohol motifs (C(OH)–C–C–N with tert-alkyl or cyclic N) is 1. The summed E-state index contributed by atoms with van der Waals surface area (Å²) in [5.41, 5.74) is 3.20. The van der Waals surface area contributed by atoms with E-state index in [2.05, 4.69) is 22.5 Å². The molecule has 4 rings (SSSR count). The third-order valence-electron chi connectivity index (χ3n) is 5.94. The summed E-state index contributed by atoms with van der Waals surface area (Å²) in [6.07, 6.45) is 1.19. The van der Waals surface area contributed by atoms with Crippen LogP contribution >= 0.6 is 0 Å². The molecule has 1 aromatic heterocycles. The minimum absolute atomic E-state index is 0.371. The fourth-order valence-corrected chi connectivity index (χ4v) is 4.33. The maximum absolute atomic E-state index is 11.0. The van der Waals surface area contributed by atoms with E-state index in [1.165, 1.54) is 0 Å².